The van der Waals surface area contributed by atoms with Crippen molar-refractivity contribution in [1.29, 1.82) is 0 Å². The smallest absolute Gasteiger partial charge is 0.220 e. The number of aryl methyl sites for hydroxylation is 6. The van der Waals surface area contributed by atoms with Crippen molar-refractivity contribution >= 4 is 16.9 Å². The standard InChI is InChI=1S/C25H32N4O/c1-15-22(17(3)27-25-24(15)18(4)28-29(25)5)12-13-23(30)26-16(2)20-11-10-19-8-6-7-9-21(19)14-20/h10-11,14,16H,6-9,12-13H2,1-5H3,(H,26,30). The van der Waals surface area contributed by atoms with E-state index in [-0.39, 0.29) is 11.9 Å². The zero-order valence-corrected chi connectivity index (χ0v) is 18.8. The molecular formula is C25H32N4O. The van der Waals surface area contributed by atoms with Gasteiger partial charge in [0, 0.05) is 24.5 Å². The summed E-state index contributed by atoms with van der Waals surface area (Å²) in [4.78, 5) is 17.5. The minimum atomic E-state index is 0.0214. The summed E-state index contributed by atoms with van der Waals surface area (Å²) in [6.07, 6.45) is 6.05. The van der Waals surface area contributed by atoms with Crippen LogP contribution in [0, 0.1) is 20.8 Å². The molecule has 1 atom stereocenters. The molecule has 1 N–H and O–H groups in total. The predicted octanol–water partition coefficient (Wildman–Crippen LogP) is 4.58. The summed E-state index contributed by atoms with van der Waals surface area (Å²) in [6, 6.07) is 6.73. The van der Waals surface area contributed by atoms with E-state index >= 15 is 0 Å². The molecule has 0 saturated heterocycles. The van der Waals surface area contributed by atoms with Crippen LogP contribution in [0.3, 0.4) is 0 Å². The van der Waals surface area contributed by atoms with Crippen molar-refractivity contribution < 1.29 is 4.79 Å². The van der Waals surface area contributed by atoms with E-state index in [2.05, 4.69) is 42.5 Å². The van der Waals surface area contributed by atoms with Crippen molar-refractivity contribution in [3.63, 3.8) is 0 Å². The van der Waals surface area contributed by atoms with Gasteiger partial charge in [-0.05, 0) is 87.6 Å². The number of amides is 1. The van der Waals surface area contributed by atoms with Crippen LogP contribution >= 0.6 is 0 Å². The highest BCUT2D eigenvalue weighted by Crippen LogP contribution is 2.27. The zero-order valence-electron chi connectivity index (χ0n) is 18.8. The first-order chi connectivity index (χ1) is 14.3. The lowest BCUT2D eigenvalue weighted by Gasteiger charge is -2.20. The summed E-state index contributed by atoms with van der Waals surface area (Å²) in [6.45, 7) is 8.24. The van der Waals surface area contributed by atoms with Gasteiger partial charge in [-0.2, -0.15) is 5.10 Å². The molecule has 0 fully saturated rings. The highest BCUT2D eigenvalue weighted by atomic mass is 16.1. The van der Waals surface area contributed by atoms with Crippen molar-refractivity contribution in [2.75, 3.05) is 0 Å². The molecule has 2 aromatic heterocycles. The Balaban J connectivity index is 1.44. The van der Waals surface area contributed by atoms with Crippen LogP contribution in [0.25, 0.3) is 11.0 Å². The Labute approximate surface area is 178 Å². The zero-order chi connectivity index (χ0) is 21.4. The number of carbonyl (C=O) groups excluding carboxylic acids is 1. The molecule has 1 aliphatic rings. The van der Waals surface area contributed by atoms with Gasteiger partial charge in [-0.25, -0.2) is 4.98 Å². The number of fused-ring (bicyclic) bond motifs is 2. The molecule has 0 bridgehead atoms. The van der Waals surface area contributed by atoms with Crippen LogP contribution in [0.5, 0.6) is 0 Å². The molecule has 4 rings (SSSR count). The Bertz CT molecular complexity index is 1110. The van der Waals surface area contributed by atoms with Crippen molar-refractivity contribution in [1.82, 2.24) is 20.1 Å². The Morgan fingerprint density at radius 2 is 1.87 bits per heavy atom. The van der Waals surface area contributed by atoms with E-state index in [1.54, 1.807) is 0 Å². The minimum Gasteiger partial charge on any atom is -0.350 e. The molecule has 1 amide bonds. The maximum atomic E-state index is 12.7. The molecular weight excluding hydrogens is 372 g/mol. The monoisotopic (exact) mass is 404 g/mol. The van der Waals surface area contributed by atoms with Crippen molar-refractivity contribution in [2.24, 2.45) is 7.05 Å². The Hall–Kier alpha value is -2.69. The molecule has 3 aromatic rings. The SMILES string of the molecule is Cc1nc2c(c(C)nn2C)c(C)c1CCC(=O)NC(C)c1ccc2c(c1)CCCC2. The normalized spacial score (nSPS) is 14.6. The quantitative estimate of drug-likeness (QED) is 0.677. The number of rotatable bonds is 5. The summed E-state index contributed by atoms with van der Waals surface area (Å²) < 4.78 is 1.83. The predicted molar refractivity (Wildman–Crippen MR) is 121 cm³/mol. The lowest BCUT2D eigenvalue weighted by atomic mass is 9.89. The van der Waals surface area contributed by atoms with Gasteiger partial charge in [-0.15, -0.1) is 0 Å². The molecule has 2 heterocycles. The van der Waals surface area contributed by atoms with Crippen LogP contribution in [-0.4, -0.2) is 20.7 Å². The number of pyridine rings is 1. The van der Waals surface area contributed by atoms with E-state index in [4.69, 9.17) is 4.98 Å². The van der Waals surface area contributed by atoms with Gasteiger partial charge in [0.05, 0.1) is 11.7 Å². The van der Waals surface area contributed by atoms with E-state index in [1.165, 1.54) is 41.5 Å². The summed E-state index contributed by atoms with van der Waals surface area (Å²) in [5, 5.41) is 8.81. The molecule has 0 radical (unpaired) electrons. The first kappa shape index (κ1) is 20.6. The molecule has 1 aromatic carbocycles. The second kappa shape index (κ2) is 8.21. The summed E-state index contributed by atoms with van der Waals surface area (Å²) >= 11 is 0. The first-order valence-electron chi connectivity index (χ1n) is 11.1. The van der Waals surface area contributed by atoms with Crippen LogP contribution in [-0.2, 0) is 31.1 Å². The molecule has 158 valence electrons. The summed E-state index contributed by atoms with van der Waals surface area (Å²) in [7, 11) is 1.93. The number of hydrogen-bond donors (Lipinski definition) is 1. The highest BCUT2D eigenvalue weighted by Gasteiger charge is 2.18. The fraction of sp³-hybridized carbons (Fsp3) is 0.480. The number of nitrogens with zero attached hydrogens (tertiary/aromatic N) is 3. The Morgan fingerprint density at radius 3 is 2.63 bits per heavy atom. The van der Waals surface area contributed by atoms with Crippen LogP contribution < -0.4 is 5.32 Å². The van der Waals surface area contributed by atoms with Crippen LogP contribution in [0.2, 0.25) is 0 Å². The fourth-order valence-corrected chi connectivity index (χ4v) is 4.89. The number of aromatic nitrogens is 3. The van der Waals surface area contributed by atoms with Crippen molar-refractivity contribution in [3.05, 3.63) is 57.4 Å². The van der Waals surface area contributed by atoms with Gasteiger partial charge in [-0.1, -0.05) is 18.2 Å². The molecule has 0 aliphatic heterocycles. The number of carbonyl (C=O) groups is 1. The van der Waals surface area contributed by atoms with Gasteiger partial charge in [0.1, 0.15) is 0 Å². The highest BCUT2D eigenvalue weighted by molar-refractivity contribution is 5.84. The van der Waals surface area contributed by atoms with E-state index in [9.17, 15) is 4.79 Å². The minimum absolute atomic E-state index is 0.0214. The third-order valence-electron chi connectivity index (χ3n) is 6.58. The maximum Gasteiger partial charge on any atom is 0.220 e. The molecule has 0 saturated carbocycles. The molecule has 30 heavy (non-hydrogen) atoms. The fourth-order valence-electron chi connectivity index (χ4n) is 4.89. The van der Waals surface area contributed by atoms with Gasteiger partial charge in [-0.3, -0.25) is 9.48 Å². The average molecular weight is 405 g/mol. The van der Waals surface area contributed by atoms with E-state index in [1.807, 2.05) is 25.6 Å². The van der Waals surface area contributed by atoms with E-state index in [0.717, 1.165) is 34.4 Å². The van der Waals surface area contributed by atoms with Gasteiger partial charge in [0.2, 0.25) is 5.91 Å². The van der Waals surface area contributed by atoms with Gasteiger partial charge in [0.25, 0.3) is 0 Å². The van der Waals surface area contributed by atoms with E-state index < -0.39 is 0 Å². The molecule has 5 nitrogen and oxygen atoms in total. The average Bonchev–Trinajstić information content (AvgIpc) is 3.00. The third-order valence-corrected chi connectivity index (χ3v) is 6.58. The van der Waals surface area contributed by atoms with Gasteiger partial charge < -0.3 is 5.32 Å². The summed E-state index contributed by atoms with van der Waals surface area (Å²) in [5.41, 5.74) is 9.37. The van der Waals surface area contributed by atoms with Crippen LogP contribution in [0.15, 0.2) is 18.2 Å². The second-order valence-electron chi connectivity index (χ2n) is 8.73. The first-order valence-corrected chi connectivity index (χ1v) is 11.1. The number of benzene rings is 1. The number of hydrogen-bond acceptors (Lipinski definition) is 3. The van der Waals surface area contributed by atoms with Crippen LogP contribution in [0.1, 0.15) is 71.4 Å². The maximum absolute atomic E-state index is 12.7. The molecule has 5 heteroatoms. The van der Waals surface area contributed by atoms with E-state index in [0.29, 0.717) is 12.8 Å². The third kappa shape index (κ3) is 3.85. The van der Waals surface area contributed by atoms with Crippen molar-refractivity contribution in [2.45, 2.75) is 72.3 Å². The lowest BCUT2D eigenvalue weighted by Crippen LogP contribution is -2.27. The van der Waals surface area contributed by atoms with Crippen LogP contribution in [0.4, 0.5) is 0 Å². The second-order valence-corrected chi connectivity index (χ2v) is 8.73. The Morgan fingerprint density at radius 1 is 1.13 bits per heavy atom. The molecule has 1 unspecified atom stereocenters. The lowest BCUT2D eigenvalue weighted by molar-refractivity contribution is -0.121. The molecule has 0 spiro atoms. The summed E-state index contributed by atoms with van der Waals surface area (Å²) in [5.74, 6) is 0.0852. The van der Waals surface area contributed by atoms with Gasteiger partial charge >= 0.3 is 0 Å². The number of nitrogens with one attached hydrogen (secondary N) is 1. The van der Waals surface area contributed by atoms with Crippen molar-refractivity contribution in [3.8, 4) is 0 Å². The molecule has 1 aliphatic carbocycles. The largest absolute Gasteiger partial charge is 0.350 e. The van der Waals surface area contributed by atoms with Gasteiger partial charge in [0.15, 0.2) is 5.65 Å². The topological polar surface area (TPSA) is 59.8 Å². The Kier molecular flexibility index (Phi) is 5.63.